The average Bonchev–Trinajstić information content (AvgIpc) is 2.28. The highest BCUT2D eigenvalue weighted by molar-refractivity contribution is 6.30. The lowest BCUT2D eigenvalue weighted by molar-refractivity contribution is 0.138. The monoisotopic (exact) mass is 268 g/mol. The van der Waals surface area contributed by atoms with E-state index in [1.165, 1.54) is 5.56 Å². The third kappa shape index (κ3) is 3.98. The van der Waals surface area contributed by atoms with Crippen molar-refractivity contribution in [3.63, 3.8) is 0 Å². The van der Waals surface area contributed by atoms with Crippen LogP contribution in [0.2, 0.25) is 5.02 Å². The highest BCUT2D eigenvalue weighted by Gasteiger charge is 2.30. The molecule has 0 radical (unpaired) electrons. The van der Waals surface area contributed by atoms with Crippen LogP contribution in [0.4, 0.5) is 0 Å². The first-order valence-electron chi connectivity index (χ1n) is 6.53. The van der Waals surface area contributed by atoms with Crippen LogP contribution in [0.1, 0.15) is 26.3 Å². The van der Waals surface area contributed by atoms with Gasteiger partial charge in [-0.3, -0.25) is 0 Å². The van der Waals surface area contributed by atoms with Crippen LogP contribution < -0.4 is 5.32 Å². The maximum atomic E-state index is 6.05. The fraction of sp³-hybridized carbons (Fsp3) is 0.600. The van der Waals surface area contributed by atoms with Crippen molar-refractivity contribution in [2.24, 2.45) is 0 Å². The van der Waals surface area contributed by atoms with Gasteiger partial charge in [-0.2, -0.15) is 0 Å². The molecule has 1 N–H and O–H groups in total. The van der Waals surface area contributed by atoms with Gasteiger partial charge in [0.2, 0.25) is 0 Å². The van der Waals surface area contributed by atoms with Crippen LogP contribution in [-0.4, -0.2) is 37.1 Å². The minimum Gasteiger partial charge on any atom is -0.312 e. The van der Waals surface area contributed by atoms with Crippen molar-refractivity contribution in [3.05, 3.63) is 34.9 Å². The zero-order chi connectivity index (χ0) is 13.8. The van der Waals surface area contributed by atoms with Gasteiger partial charge in [-0.1, -0.05) is 30.7 Å². The fourth-order valence-electron chi connectivity index (χ4n) is 2.03. The van der Waals surface area contributed by atoms with E-state index in [0.29, 0.717) is 6.04 Å². The molecule has 0 saturated heterocycles. The summed E-state index contributed by atoms with van der Waals surface area (Å²) in [6, 6.07) is 8.53. The Bertz CT molecular complexity index is 375. The summed E-state index contributed by atoms with van der Waals surface area (Å²) in [6.07, 6.45) is 0.986. The lowest BCUT2D eigenvalue weighted by Gasteiger charge is -2.40. The van der Waals surface area contributed by atoms with Gasteiger partial charge in [0.25, 0.3) is 0 Å². The maximum absolute atomic E-state index is 6.05. The van der Waals surface area contributed by atoms with Crippen LogP contribution in [-0.2, 0) is 6.42 Å². The molecule has 0 saturated carbocycles. The van der Waals surface area contributed by atoms with Gasteiger partial charge in [-0.25, -0.2) is 0 Å². The number of hydrogen-bond donors (Lipinski definition) is 1. The van der Waals surface area contributed by atoms with Gasteiger partial charge in [0.1, 0.15) is 0 Å². The first-order valence-corrected chi connectivity index (χ1v) is 6.91. The highest BCUT2D eigenvalue weighted by Crippen LogP contribution is 2.21. The lowest BCUT2D eigenvalue weighted by Crippen LogP contribution is -2.56. The molecule has 1 aromatic carbocycles. The molecule has 0 aliphatic heterocycles. The highest BCUT2D eigenvalue weighted by atomic mass is 35.5. The number of hydrogen-bond acceptors (Lipinski definition) is 2. The normalized spacial score (nSPS) is 13.9. The minimum atomic E-state index is 0.0956. The number of likely N-dealkylation sites (N-methyl/N-ethyl adjacent to an activating group) is 2. The van der Waals surface area contributed by atoms with E-state index in [2.05, 4.69) is 57.2 Å². The number of nitrogens with zero attached hydrogens (tertiary/aromatic N) is 1. The molecule has 0 spiro atoms. The molecule has 0 aromatic heterocycles. The molecule has 1 rings (SSSR count). The molecule has 0 amide bonds. The van der Waals surface area contributed by atoms with Gasteiger partial charge in [0.05, 0.1) is 0 Å². The van der Waals surface area contributed by atoms with Crippen LogP contribution in [0.25, 0.3) is 0 Å². The second kappa shape index (κ2) is 6.55. The summed E-state index contributed by atoms with van der Waals surface area (Å²) in [7, 11) is 4.25. The molecule has 18 heavy (non-hydrogen) atoms. The molecule has 1 aromatic rings. The first kappa shape index (κ1) is 15.5. The summed E-state index contributed by atoms with van der Waals surface area (Å²) < 4.78 is 0. The first-order chi connectivity index (χ1) is 8.37. The van der Waals surface area contributed by atoms with Crippen LogP contribution >= 0.6 is 11.6 Å². The summed E-state index contributed by atoms with van der Waals surface area (Å²) in [5, 5.41) is 4.40. The Morgan fingerprint density at radius 2 is 2.00 bits per heavy atom. The Morgan fingerprint density at radius 1 is 1.33 bits per heavy atom. The summed E-state index contributed by atoms with van der Waals surface area (Å²) in [4.78, 5) is 2.27. The van der Waals surface area contributed by atoms with Gasteiger partial charge in [0.15, 0.2) is 0 Å². The summed E-state index contributed by atoms with van der Waals surface area (Å²) in [6.45, 7) is 7.66. The van der Waals surface area contributed by atoms with Crippen molar-refractivity contribution < 1.29 is 0 Å². The largest absolute Gasteiger partial charge is 0.312 e. The third-order valence-electron chi connectivity index (χ3n) is 3.78. The second-order valence-electron chi connectivity index (χ2n) is 5.49. The van der Waals surface area contributed by atoms with E-state index in [-0.39, 0.29) is 5.54 Å². The third-order valence-corrected chi connectivity index (χ3v) is 4.02. The minimum absolute atomic E-state index is 0.0956. The van der Waals surface area contributed by atoms with Crippen molar-refractivity contribution in [2.75, 3.05) is 20.6 Å². The number of nitrogens with one attached hydrogen (secondary N) is 1. The van der Waals surface area contributed by atoms with Crippen molar-refractivity contribution in [1.82, 2.24) is 10.2 Å². The van der Waals surface area contributed by atoms with E-state index < -0.39 is 0 Å². The Kier molecular flexibility index (Phi) is 5.64. The molecular weight excluding hydrogens is 244 g/mol. The van der Waals surface area contributed by atoms with Crippen molar-refractivity contribution in [1.29, 1.82) is 0 Å². The maximum Gasteiger partial charge on any atom is 0.0408 e. The van der Waals surface area contributed by atoms with E-state index >= 15 is 0 Å². The summed E-state index contributed by atoms with van der Waals surface area (Å²) in [5.41, 5.74) is 1.38. The number of rotatable bonds is 6. The van der Waals surface area contributed by atoms with Crippen molar-refractivity contribution in [2.45, 2.75) is 38.8 Å². The summed E-state index contributed by atoms with van der Waals surface area (Å²) in [5.74, 6) is 0. The average molecular weight is 269 g/mol. The lowest BCUT2D eigenvalue weighted by atomic mass is 9.88. The molecule has 0 fully saturated rings. The SMILES string of the molecule is CCNC(Cc1cccc(Cl)c1)C(C)(C)N(C)C. The predicted octanol–water partition coefficient (Wildman–Crippen LogP) is 3.20. The predicted molar refractivity (Wildman–Crippen MR) is 80.4 cm³/mol. The van der Waals surface area contributed by atoms with Crippen molar-refractivity contribution in [3.8, 4) is 0 Å². The van der Waals surface area contributed by atoms with Gasteiger partial charge in [0, 0.05) is 16.6 Å². The molecule has 3 heteroatoms. The molecule has 0 aliphatic rings. The molecule has 1 unspecified atom stereocenters. The van der Waals surface area contributed by atoms with Gasteiger partial charge < -0.3 is 10.2 Å². The number of benzene rings is 1. The molecule has 102 valence electrons. The van der Waals surface area contributed by atoms with E-state index in [1.807, 2.05) is 12.1 Å². The Morgan fingerprint density at radius 3 is 2.50 bits per heavy atom. The van der Waals surface area contributed by atoms with E-state index in [1.54, 1.807) is 0 Å². The van der Waals surface area contributed by atoms with Gasteiger partial charge in [-0.05, 0) is 58.6 Å². The molecular formula is C15H25ClN2. The fourth-order valence-corrected chi connectivity index (χ4v) is 2.24. The molecule has 2 nitrogen and oxygen atoms in total. The Hall–Kier alpha value is -0.570. The quantitative estimate of drug-likeness (QED) is 0.852. The van der Waals surface area contributed by atoms with E-state index in [9.17, 15) is 0 Å². The van der Waals surface area contributed by atoms with Crippen LogP contribution in [0.3, 0.4) is 0 Å². The molecule has 1 atom stereocenters. The van der Waals surface area contributed by atoms with Gasteiger partial charge >= 0.3 is 0 Å². The Labute approximate surface area is 116 Å². The topological polar surface area (TPSA) is 15.3 Å². The zero-order valence-electron chi connectivity index (χ0n) is 12.1. The van der Waals surface area contributed by atoms with E-state index in [0.717, 1.165) is 18.0 Å². The van der Waals surface area contributed by atoms with Crippen molar-refractivity contribution >= 4 is 11.6 Å². The van der Waals surface area contributed by atoms with Crippen LogP contribution in [0.5, 0.6) is 0 Å². The second-order valence-corrected chi connectivity index (χ2v) is 5.93. The number of halogens is 1. The van der Waals surface area contributed by atoms with E-state index in [4.69, 9.17) is 11.6 Å². The van der Waals surface area contributed by atoms with Crippen LogP contribution in [0.15, 0.2) is 24.3 Å². The molecule has 0 heterocycles. The summed E-state index contributed by atoms with van der Waals surface area (Å²) >= 11 is 6.05. The Balaban J connectivity index is 2.87. The molecule has 0 aliphatic carbocycles. The standard InChI is InChI=1S/C15H25ClN2/c1-6-17-14(15(2,3)18(4)5)11-12-8-7-9-13(16)10-12/h7-10,14,17H,6,11H2,1-5H3. The van der Waals surface area contributed by atoms with Crippen LogP contribution in [0, 0.1) is 0 Å². The smallest absolute Gasteiger partial charge is 0.0408 e. The molecule has 0 bridgehead atoms. The van der Waals surface area contributed by atoms with Gasteiger partial charge in [-0.15, -0.1) is 0 Å². The zero-order valence-corrected chi connectivity index (χ0v) is 12.9.